The Balaban J connectivity index is 2.36. The molecule has 0 saturated carbocycles. The molecule has 0 aromatic heterocycles. The molecule has 0 radical (unpaired) electrons. The third-order valence-corrected chi connectivity index (χ3v) is 2.75. The summed E-state index contributed by atoms with van der Waals surface area (Å²) >= 11 is 5.87. The zero-order chi connectivity index (χ0) is 14.3. The number of hydrogen-bond donors (Lipinski definition) is 2. The smallest absolute Gasteiger partial charge is 0.321 e. The Morgan fingerprint density at radius 2 is 2.05 bits per heavy atom. The highest BCUT2D eigenvalue weighted by Crippen LogP contribution is 2.22. The summed E-state index contributed by atoms with van der Waals surface area (Å²) in [7, 11) is 0. The maximum atomic E-state index is 11.5. The Morgan fingerprint density at radius 3 is 2.68 bits per heavy atom. The zero-order valence-electron chi connectivity index (χ0n) is 10.9. The standard InChI is InChI=1S/C13H17ClN2O3/c1-3-9(2)15-13(18)16-12(17)8-19-11-7-5-4-6-10(11)14/h4-7,9H,3,8H2,1-2H3,(H2,15,16,17,18)/t9-/m0/s1. The number of benzene rings is 1. The molecule has 0 unspecified atom stereocenters. The highest BCUT2D eigenvalue weighted by Gasteiger charge is 2.10. The monoisotopic (exact) mass is 284 g/mol. The number of ether oxygens (including phenoxy) is 1. The fraction of sp³-hybridized carbons (Fsp3) is 0.385. The van der Waals surface area contributed by atoms with Gasteiger partial charge in [-0.25, -0.2) is 4.79 Å². The number of rotatable bonds is 5. The van der Waals surface area contributed by atoms with Crippen molar-refractivity contribution in [1.82, 2.24) is 10.6 Å². The summed E-state index contributed by atoms with van der Waals surface area (Å²) in [5.74, 6) is -0.123. The van der Waals surface area contributed by atoms with Crippen LogP contribution in [0.1, 0.15) is 20.3 Å². The summed E-state index contributed by atoms with van der Waals surface area (Å²) in [5.41, 5.74) is 0. The zero-order valence-corrected chi connectivity index (χ0v) is 11.7. The Hall–Kier alpha value is -1.75. The van der Waals surface area contributed by atoms with Gasteiger partial charge in [0, 0.05) is 6.04 Å². The molecule has 0 aliphatic heterocycles. The highest BCUT2D eigenvalue weighted by molar-refractivity contribution is 6.32. The summed E-state index contributed by atoms with van der Waals surface area (Å²) < 4.78 is 5.21. The molecule has 1 atom stereocenters. The maximum absolute atomic E-state index is 11.5. The van der Waals surface area contributed by atoms with E-state index >= 15 is 0 Å². The minimum absolute atomic E-state index is 0.0114. The molecule has 6 heteroatoms. The van der Waals surface area contributed by atoms with Crippen LogP contribution in [0.3, 0.4) is 0 Å². The van der Waals surface area contributed by atoms with Crippen molar-refractivity contribution in [3.8, 4) is 5.75 Å². The van der Waals surface area contributed by atoms with Crippen molar-refractivity contribution in [2.75, 3.05) is 6.61 Å². The lowest BCUT2D eigenvalue weighted by Crippen LogP contribution is -2.44. The largest absolute Gasteiger partial charge is 0.482 e. The number of para-hydroxylation sites is 1. The van der Waals surface area contributed by atoms with Crippen LogP contribution in [-0.2, 0) is 4.79 Å². The van der Waals surface area contributed by atoms with Gasteiger partial charge in [-0.2, -0.15) is 0 Å². The SMILES string of the molecule is CC[C@H](C)NC(=O)NC(=O)COc1ccccc1Cl. The van der Waals surface area contributed by atoms with E-state index in [1.165, 1.54) is 0 Å². The Labute approximate surface area is 117 Å². The molecular weight excluding hydrogens is 268 g/mol. The second-order valence-electron chi connectivity index (χ2n) is 4.05. The average Bonchev–Trinajstić information content (AvgIpc) is 2.37. The van der Waals surface area contributed by atoms with E-state index in [1.54, 1.807) is 24.3 Å². The number of nitrogens with one attached hydrogen (secondary N) is 2. The Kier molecular flexibility index (Phi) is 6.15. The van der Waals surface area contributed by atoms with E-state index in [-0.39, 0.29) is 12.6 Å². The molecule has 19 heavy (non-hydrogen) atoms. The quantitative estimate of drug-likeness (QED) is 0.872. The van der Waals surface area contributed by atoms with Crippen LogP contribution in [-0.4, -0.2) is 24.6 Å². The van der Waals surface area contributed by atoms with E-state index in [2.05, 4.69) is 10.6 Å². The lowest BCUT2D eigenvalue weighted by molar-refractivity contribution is -0.122. The molecule has 1 aromatic rings. The number of hydrogen-bond acceptors (Lipinski definition) is 3. The van der Waals surface area contributed by atoms with Gasteiger partial charge in [-0.1, -0.05) is 30.7 Å². The molecule has 0 fully saturated rings. The third-order valence-electron chi connectivity index (χ3n) is 2.44. The van der Waals surface area contributed by atoms with E-state index in [1.807, 2.05) is 13.8 Å². The summed E-state index contributed by atoms with van der Waals surface area (Å²) in [6, 6.07) is 6.29. The summed E-state index contributed by atoms with van der Waals surface area (Å²) in [4.78, 5) is 22.8. The second kappa shape index (κ2) is 7.63. The van der Waals surface area contributed by atoms with E-state index < -0.39 is 11.9 Å². The van der Waals surface area contributed by atoms with Crippen molar-refractivity contribution >= 4 is 23.5 Å². The van der Waals surface area contributed by atoms with Crippen molar-refractivity contribution in [3.05, 3.63) is 29.3 Å². The highest BCUT2D eigenvalue weighted by atomic mass is 35.5. The molecule has 0 heterocycles. The number of carbonyl (C=O) groups excluding carboxylic acids is 2. The molecule has 1 aromatic carbocycles. The predicted molar refractivity (Wildman–Crippen MR) is 73.4 cm³/mol. The summed E-state index contributed by atoms with van der Waals surface area (Å²) in [6.07, 6.45) is 0.789. The first-order chi connectivity index (χ1) is 9.02. The Bertz CT molecular complexity index is 451. The van der Waals surface area contributed by atoms with E-state index in [0.29, 0.717) is 10.8 Å². The Morgan fingerprint density at radius 1 is 1.37 bits per heavy atom. The normalized spacial score (nSPS) is 11.5. The molecule has 0 spiro atoms. The molecule has 104 valence electrons. The van der Waals surface area contributed by atoms with Crippen LogP contribution >= 0.6 is 11.6 Å². The van der Waals surface area contributed by atoms with Crippen LogP contribution < -0.4 is 15.4 Å². The van der Waals surface area contributed by atoms with Crippen molar-refractivity contribution in [2.45, 2.75) is 26.3 Å². The van der Waals surface area contributed by atoms with Crippen molar-refractivity contribution in [3.63, 3.8) is 0 Å². The second-order valence-corrected chi connectivity index (χ2v) is 4.46. The molecule has 2 N–H and O–H groups in total. The molecule has 3 amide bonds. The van der Waals surface area contributed by atoms with E-state index in [9.17, 15) is 9.59 Å². The van der Waals surface area contributed by atoms with Gasteiger partial charge >= 0.3 is 6.03 Å². The first-order valence-electron chi connectivity index (χ1n) is 6.00. The number of imide groups is 1. The van der Waals surface area contributed by atoms with Crippen LogP contribution in [0.25, 0.3) is 0 Å². The van der Waals surface area contributed by atoms with Gasteiger partial charge < -0.3 is 10.1 Å². The molecular formula is C13H17ClN2O3. The molecule has 0 aliphatic carbocycles. The minimum atomic E-state index is -0.527. The lowest BCUT2D eigenvalue weighted by Gasteiger charge is -2.12. The topological polar surface area (TPSA) is 67.4 Å². The van der Waals surface area contributed by atoms with Gasteiger partial charge in [0.2, 0.25) is 0 Å². The van der Waals surface area contributed by atoms with Crippen molar-refractivity contribution in [2.24, 2.45) is 0 Å². The third kappa shape index (κ3) is 5.61. The van der Waals surface area contributed by atoms with Crippen molar-refractivity contribution in [1.29, 1.82) is 0 Å². The van der Waals surface area contributed by atoms with Crippen LogP contribution in [0.2, 0.25) is 5.02 Å². The fourth-order valence-electron chi connectivity index (χ4n) is 1.23. The van der Waals surface area contributed by atoms with Gasteiger partial charge in [-0.15, -0.1) is 0 Å². The van der Waals surface area contributed by atoms with Crippen LogP contribution in [0, 0.1) is 0 Å². The molecule has 1 rings (SSSR count). The summed E-state index contributed by atoms with van der Waals surface area (Å²) in [5, 5.41) is 5.21. The van der Waals surface area contributed by atoms with Gasteiger partial charge in [-0.05, 0) is 25.5 Å². The molecule has 5 nitrogen and oxygen atoms in total. The number of halogens is 1. The van der Waals surface area contributed by atoms with E-state index in [0.717, 1.165) is 6.42 Å². The number of urea groups is 1. The minimum Gasteiger partial charge on any atom is -0.482 e. The summed E-state index contributed by atoms with van der Waals surface area (Å²) in [6.45, 7) is 3.52. The van der Waals surface area contributed by atoms with E-state index in [4.69, 9.17) is 16.3 Å². The van der Waals surface area contributed by atoms with Crippen LogP contribution in [0.5, 0.6) is 5.75 Å². The number of amides is 3. The fourth-order valence-corrected chi connectivity index (χ4v) is 1.42. The average molecular weight is 285 g/mol. The predicted octanol–water partition coefficient (Wildman–Crippen LogP) is 2.34. The van der Waals surface area contributed by atoms with Crippen LogP contribution in [0.4, 0.5) is 4.79 Å². The van der Waals surface area contributed by atoms with Crippen molar-refractivity contribution < 1.29 is 14.3 Å². The first kappa shape index (κ1) is 15.3. The van der Waals surface area contributed by atoms with Gasteiger partial charge in [0.05, 0.1) is 5.02 Å². The van der Waals surface area contributed by atoms with Gasteiger partial charge in [0.25, 0.3) is 5.91 Å². The number of carbonyl (C=O) groups is 2. The van der Waals surface area contributed by atoms with Crippen LogP contribution in [0.15, 0.2) is 24.3 Å². The molecule has 0 saturated heterocycles. The van der Waals surface area contributed by atoms with Gasteiger partial charge in [0.15, 0.2) is 6.61 Å². The first-order valence-corrected chi connectivity index (χ1v) is 6.38. The lowest BCUT2D eigenvalue weighted by atomic mass is 10.3. The molecule has 0 aliphatic rings. The van der Waals surface area contributed by atoms with Gasteiger partial charge in [0.1, 0.15) is 5.75 Å². The molecule has 0 bridgehead atoms. The maximum Gasteiger partial charge on any atom is 0.321 e. The van der Waals surface area contributed by atoms with Gasteiger partial charge in [-0.3, -0.25) is 10.1 Å².